The second kappa shape index (κ2) is 9.23. The van der Waals surface area contributed by atoms with Crippen molar-refractivity contribution >= 4 is 49.5 Å². The van der Waals surface area contributed by atoms with E-state index in [0.29, 0.717) is 55.7 Å². The molecule has 0 saturated carbocycles. The number of benzene rings is 2. The molecule has 0 spiro atoms. The molecule has 0 bridgehead atoms. The molecule has 0 amide bonds. The van der Waals surface area contributed by atoms with E-state index >= 15 is 0 Å². The highest BCUT2D eigenvalue weighted by Gasteiger charge is 2.31. The zero-order valence-corrected chi connectivity index (χ0v) is 19.9. The van der Waals surface area contributed by atoms with Crippen molar-refractivity contribution in [2.75, 3.05) is 32.7 Å². The number of aromatic nitrogens is 3. The first-order chi connectivity index (χ1) is 16.5. The van der Waals surface area contributed by atoms with E-state index in [2.05, 4.69) is 14.8 Å². The maximum absolute atomic E-state index is 13.2. The summed E-state index contributed by atoms with van der Waals surface area (Å²) in [6.45, 7) is 2.27. The minimum atomic E-state index is -3.70. The minimum absolute atomic E-state index is 0.0125. The monoisotopic (exact) mass is 494 g/mol. The number of hydrogen-bond acceptors (Lipinski definition) is 8. The van der Waals surface area contributed by atoms with Gasteiger partial charge in [0.05, 0.1) is 30.8 Å². The summed E-state index contributed by atoms with van der Waals surface area (Å²) >= 11 is 0.995. The Kier molecular flexibility index (Phi) is 6.14. The Morgan fingerprint density at radius 2 is 1.85 bits per heavy atom. The van der Waals surface area contributed by atoms with Gasteiger partial charge in [-0.25, -0.2) is 8.42 Å². The van der Waals surface area contributed by atoms with Gasteiger partial charge in [-0.1, -0.05) is 24.3 Å². The maximum Gasteiger partial charge on any atom is 0.245 e. The lowest BCUT2D eigenvalue weighted by Gasteiger charge is -2.33. The number of para-hydroxylation sites is 1. The molecule has 1 aliphatic heterocycles. The maximum atomic E-state index is 13.2. The number of rotatable bonds is 7. The molecule has 11 heteroatoms. The molecule has 0 N–H and O–H groups in total. The van der Waals surface area contributed by atoms with E-state index in [1.165, 1.54) is 4.31 Å². The number of fused-ring (bicyclic) bond motifs is 2. The second-order valence-corrected chi connectivity index (χ2v) is 10.6. The van der Waals surface area contributed by atoms with Gasteiger partial charge < -0.3 is 4.57 Å². The van der Waals surface area contributed by atoms with Crippen molar-refractivity contribution in [3.8, 4) is 6.07 Å². The van der Waals surface area contributed by atoms with Gasteiger partial charge in [-0.05, 0) is 18.2 Å². The Morgan fingerprint density at radius 3 is 2.65 bits per heavy atom. The van der Waals surface area contributed by atoms with Crippen LogP contribution in [-0.2, 0) is 16.6 Å². The molecule has 4 aromatic rings. The number of carbonyl (C=O) groups is 1. The smallest absolute Gasteiger partial charge is 0.245 e. The van der Waals surface area contributed by atoms with Gasteiger partial charge >= 0.3 is 0 Å². The lowest BCUT2D eigenvalue weighted by atomic mass is 10.1. The van der Waals surface area contributed by atoms with Gasteiger partial charge in [0, 0.05) is 55.4 Å². The number of hydrogen-bond donors (Lipinski definition) is 0. The topological polar surface area (TPSA) is 112 Å². The molecule has 5 rings (SSSR count). The first-order valence-corrected chi connectivity index (χ1v) is 13.1. The molecule has 1 saturated heterocycles. The van der Waals surface area contributed by atoms with E-state index < -0.39 is 10.0 Å². The van der Waals surface area contributed by atoms with Crippen LogP contribution in [0.5, 0.6) is 0 Å². The van der Waals surface area contributed by atoms with Crippen LogP contribution < -0.4 is 0 Å². The second-order valence-electron chi connectivity index (χ2n) is 8.15. The summed E-state index contributed by atoms with van der Waals surface area (Å²) in [5.41, 5.74) is 2.54. The van der Waals surface area contributed by atoms with Crippen molar-refractivity contribution in [1.29, 1.82) is 5.26 Å². The van der Waals surface area contributed by atoms with Crippen molar-refractivity contribution in [2.24, 2.45) is 0 Å². The average molecular weight is 495 g/mol. The van der Waals surface area contributed by atoms with Crippen LogP contribution in [0, 0.1) is 11.3 Å². The van der Waals surface area contributed by atoms with Crippen LogP contribution in [0.4, 0.5) is 0 Å². The van der Waals surface area contributed by atoms with Crippen molar-refractivity contribution in [2.45, 2.75) is 17.9 Å². The molecule has 9 nitrogen and oxygen atoms in total. The predicted octanol–water partition coefficient (Wildman–Crippen LogP) is 2.75. The lowest BCUT2D eigenvalue weighted by Crippen LogP contribution is -2.49. The van der Waals surface area contributed by atoms with E-state index in [9.17, 15) is 13.2 Å². The number of nitriles is 1. The molecular weight excluding hydrogens is 472 g/mol. The Bertz CT molecular complexity index is 1510. The molecule has 0 radical (unpaired) electrons. The largest absolute Gasteiger partial charge is 0.346 e. The molecule has 0 unspecified atom stereocenters. The molecule has 0 aliphatic carbocycles. The average Bonchev–Trinajstić information content (AvgIpc) is 3.48. The molecular formula is C23H22N6O3S2. The van der Waals surface area contributed by atoms with Gasteiger partial charge in [0.15, 0.2) is 5.78 Å². The summed E-state index contributed by atoms with van der Waals surface area (Å²) in [6.07, 6.45) is 2.20. The van der Waals surface area contributed by atoms with Crippen LogP contribution in [0.2, 0.25) is 0 Å². The molecule has 174 valence electrons. The fourth-order valence-electron chi connectivity index (χ4n) is 4.37. The van der Waals surface area contributed by atoms with Gasteiger partial charge in [-0.2, -0.15) is 18.3 Å². The van der Waals surface area contributed by atoms with Gasteiger partial charge in [0.1, 0.15) is 15.9 Å². The molecule has 1 aliphatic rings. The quantitative estimate of drug-likeness (QED) is 0.363. The Morgan fingerprint density at radius 1 is 1.06 bits per heavy atom. The van der Waals surface area contributed by atoms with Crippen molar-refractivity contribution in [1.82, 2.24) is 22.5 Å². The normalized spacial score (nSPS) is 15.6. The number of piperazine rings is 1. The third-order valence-electron chi connectivity index (χ3n) is 6.12. The van der Waals surface area contributed by atoms with Gasteiger partial charge in [0.2, 0.25) is 10.0 Å². The van der Waals surface area contributed by atoms with Gasteiger partial charge in [0.25, 0.3) is 0 Å². The van der Waals surface area contributed by atoms with Crippen molar-refractivity contribution in [3.63, 3.8) is 0 Å². The summed E-state index contributed by atoms with van der Waals surface area (Å²) in [7, 11) is -3.70. The van der Waals surface area contributed by atoms with E-state index in [0.717, 1.165) is 22.6 Å². The number of Topliss-reactive ketones (excluding diaryl/α,β-unsaturated/α-hetero) is 1. The Labute approximate surface area is 201 Å². The molecule has 1 fully saturated rings. The zero-order chi connectivity index (χ0) is 23.7. The summed E-state index contributed by atoms with van der Waals surface area (Å²) in [4.78, 5) is 15.3. The Balaban J connectivity index is 1.29. The first-order valence-electron chi connectivity index (χ1n) is 10.9. The Hall–Kier alpha value is -3.17. The lowest BCUT2D eigenvalue weighted by molar-refractivity contribution is 0.0903. The van der Waals surface area contributed by atoms with Gasteiger partial charge in [-0.3, -0.25) is 9.69 Å². The predicted molar refractivity (Wildman–Crippen MR) is 129 cm³/mol. The number of aryl methyl sites for hydroxylation is 1. The third-order valence-corrected chi connectivity index (χ3v) is 8.59. The van der Waals surface area contributed by atoms with E-state index in [1.54, 1.807) is 18.2 Å². The van der Waals surface area contributed by atoms with E-state index in [4.69, 9.17) is 5.26 Å². The fraction of sp³-hybridized carbons (Fsp3) is 0.304. The third kappa shape index (κ3) is 4.10. The summed E-state index contributed by atoms with van der Waals surface area (Å²) in [5.74, 6) is -0.0125. The summed E-state index contributed by atoms with van der Waals surface area (Å²) in [5, 5.41) is 9.81. The highest BCUT2D eigenvalue weighted by Crippen LogP contribution is 2.26. The molecule has 3 heterocycles. The molecule has 2 aromatic heterocycles. The highest BCUT2D eigenvalue weighted by molar-refractivity contribution is 7.89. The fourth-order valence-corrected chi connectivity index (χ4v) is 6.54. The number of ketones is 1. The van der Waals surface area contributed by atoms with Crippen molar-refractivity contribution < 1.29 is 13.2 Å². The zero-order valence-electron chi connectivity index (χ0n) is 18.3. The van der Waals surface area contributed by atoms with Gasteiger partial charge in [-0.15, -0.1) is 0 Å². The first kappa shape index (κ1) is 22.6. The summed E-state index contributed by atoms with van der Waals surface area (Å²) < 4.78 is 38.2. The standard InChI is InChI=1S/C23H22N6O3S2/c24-9-4-10-28-15-18(17-5-1-2-7-20(17)28)21(30)16-27-11-13-29(14-12-27)34(31,32)22-8-3-6-19-23(22)26-33-25-19/h1-3,5-8,15H,4,10-14,16H2. The number of nitrogens with zero attached hydrogens (tertiary/aromatic N) is 6. The highest BCUT2D eigenvalue weighted by atomic mass is 32.2. The SMILES string of the molecule is N#CCCn1cc(C(=O)CN2CCN(S(=O)(=O)c3cccc4nsnc34)CC2)c2ccccc21. The van der Waals surface area contributed by atoms with Crippen LogP contribution in [0.3, 0.4) is 0 Å². The van der Waals surface area contributed by atoms with Crippen LogP contribution in [0.25, 0.3) is 21.9 Å². The number of carbonyl (C=O) groups excluding carboxylic acids is 1. The van der Waals surface area contributed by atoms with E-state index in [-0.39, 0.29) is 17.2 Å². The van der Waals surface area contributed by atoms with Crippen LogP contribution in [-0.4, -0.2) is 69.4 Å². The molecule has 34 heavy (non-hydrogen) atoms. The summed E-state index contributed by atoms with van der Waals surface area (Å²) in [6, 6.07) is 14.8. The molecule has 0 atom stereocenters. The van der Waals surface area contributed by atoms with Crippen LogP contribution in [0.15, 0.2) is 53.6 Å². The van der Waals surface area contributed by atoms with Crippen molar-refractivity contribution in [3.05, 3.63) is 54.2 Å². The number of sulfonamides is 1. The van der Waals surface area contributed by atoms with Crippen LogP contribution in [0.1, 0.15) is 16.8 Å². The van der Waals surface area contributed by atoms with Crippen LogP contribution >= 0.6 is 11.7 Å². The minimum Gasteiger partial charge on any atom is -0.346 e. The van der Waals surface area contributed by atoms with E-state index in [1.807, 2.05) is 39.9 Å². The molecule has 2 aromatic carbocycles.